The van der Waals surface area contributed by atoms with Crippen molar-refractivity contribution in [2.45, 2.75) is 71.3 Å². The molecule has 0 aromatic heterocycles. The molecule has 2 fully saturated rings. The van der Waals surface area contributed by atoms with E-state index in [2.05, 4.69) is 20.4 Å². The van der Waals surface area contributed by atoms with Crippen LogP contribution in [-0.2, 0) is 4.74 Å². The number of ether oxygens (including phenoxy) is 1. The molecule has 0 amide bonds. The van der Waals surface area contributed by atoms with E-state index in [-0.39, 0.29) is 0 Å². The Hall–Kier alpha value is -0.460. The molecule has 3 unspecified atom stereocenters. The van der Waals surface area contributed by atoms with E-state index in [4.69, 9.17) is 4.74 Å². The van der Waals surface area contributed by atoms with Gasteiger partial charge in [0.1, 0.15) is 6.10 Å². The third-order valence-corrected chi connectivity index (χ3v) is 4.72. The fraction of sp³-hybridized carbons (Fsp3) is 0.875. The van der Waals surface area contributed by atoms with E-state index >= 15 is 0 Å². The Kier molecular flexibility index (Phi) is 4.53. The molecule has 17 heavy (non-hydrogen) atoms. The fourth-order valence-electron chi connectivity index (χ4n) is 3.53. The summed E-state index contributed by atoms with van der Waals surface area (Å²) in [5.41, 5.74) is 0. The van der Waals surface area contributed by atoms with Gasteiger partial charge in [0, 0.05) is 5.92 Å². The van der Waals surface area contributed by atoms with Crippen molar-refractivity contribution < 1.29 is 4.74 Å². The summed E-state index contributed by atoms with van der Waals surface area (Å²) < 4.78 is 6.20. The highest BCUT2D eigenvalue weighted by molar-refractivity contribution is 4.95. The number of rotatable bonds is 3. The highest BCUT2D eigenvalue weighted by Crippen LogP contribution is 2.35. The Labute approximate surface area is 107 Å². The minimum atomic E-state index is 0.445. The van der Waals surface area contributed by atoms with Gasteiger partial charge in [0.15, 0.2) is 0 Å². The average Bonchev–Trinajstić information content (AvgIpc) is 2.34. The molecule has 0 saturated heterocycles. The lowest BCUT2D eigenvalue weighted by Crippen LogP contribution is -2.29. The molecule has 0 bridgehead atoms. The Morgan fingerprint density at radius 3 is 2.35 bits per heavy atom. The molecule has 0 aromatic carbocycles. The quantitative estimate of drug-likeness (QED) is 0.632. The van der Waals surface area contributed by atoms with Crippen LogP contribution in [0.25, 0.3) is 0 Å². The van der Waals surface area contributed by atoms with Crippen LogP contribution in [0.2, 0.25) is 0 Å². The molecule has 0 aliphatic heterocycles. The van der Waals surface area contributed by atoms with E-state index in [9.17, 15) is 0 Å². The molecule has 2 aliphatic rings. The van der Waals surface area contributed by atoms with Crippen LogP contribution in [-0.4, -0.2) is 6.10 Å². The lowest BCUT2D eigenvalue weighted by atomic mass is 9.81. The smallest absolute Gasteiger partial charge is 0.101 e. The summed E-state index contributed by atoms with van der Waals surface area (Å²) >= 11 is 0. The SMILES string of the molecule is C=C(OC1CCC(C)CC1C)C1CCCCC1. The van der Waals surface area contributed by atoms with Crippen molar-refractivity contribution in [3.8, 4) is 0 Å². The van der Waals surface area contributed by atoms with Crippen molar-refractivity contribution in [1.29, 1.82) is 0 Å². The minimum Gasteiger partial charge on any atom is -0.495 e. The van der Waals surface area contributed by atoms with Crippen LogP contribution in [0.15, 0.2) is 12.3 Å². The third kappa shape index (κ3) is 3.50. The summed E-state index contributed by atoms with van der Waals surface area (Å²) in [7, 11) is 0. The van der Waals surface area contributed by atoms with Gasteiger partial charge in [0.25, 0.3) is 0 Å². The predicted molar refractivity (Wildman–Crippen MR) is 72.8 cm³/mol. The first-order valence-corrected chi connectivity index (χ1v) is 7.52. The average molecular weight is 236 g/mol. The van der Waals surface area contributed by atoms with Crippen molar-refractivity contribution in [2.75, 3.05) is 0 Å². The van der Waals surface area contributed by atoms with Crippen LogP contribution in [0.5, 0.6) is 0 Å². The van der Waals surface area contributed by atoms with Crippen molar-refractivity contribution in [3.05, 3.63) is 12.3 Å². The zero-order valence-corrected chi connectivity index (χ0v) is 11.6. The molecule has 1 nitrogen and oxygen atoms in total. The summed E-state index contributed by atoms with van der Waals surface area (Å²) in [6, 6.07) is 0. The van der Waals surface area contributed by atoms with Crippen LogP contribution >= 0.6 is 0 Å². The standard InChI is InChI=1S/C16H28O/c1-12-9-10-16(13(2)11-12)17-14(3)15-7-5-4-6-8-15/h12-13,15-16H,3-11H2,1-2H3. The summed E-state index contributed by atoms with van der Waals surface area (Å²) in [6.07, 6.45) is 11.1. The molecule has 2 saturated carbocycles. The number of allylic oxidation sites excluding steroid dienone is 1. The second kappa shape index (κ2) is 5.93. The van der Waals surface area contributed by atoms with Gasteiger partial charge in [-0.1, -0.05) is 39.7 Å². The first-order valence-electron chi connectivity index (χ1n) is 7.52. The van der Waals surface area contributed by atoms with Crippen LogP contribution in [0.1, 0.15) is 65.2 Å². The minimum absolute atomic E-state index is 0.445. The maximum atomic E-state index is 6.20. The summed E-state index contributed by atoms with van der Waals surface area (Å²) in [5, 5.41) is 0. The van der Waals surface area contributed by atoms with Crippen LogP contribution in [0.4, 0.5) is 0 Å². The van der Waals surface area contributed by atoms with Gasteiger partial charge in [-0.3, -0.25) is 0 Å². The van der Waals surface area contributed by atoms with Crippen LogP contribution < -0.4 is 0 Å². The normalized spacial score (nSPS) is 35.5. The lowest BCUT2D eigenvalue weighted by molar-refractivity contribution is 0.0115. The summed E-state index contributed by atoms with van der Waals surface area (Å²) in [4.78, 5) is 0. The van der Waals surface area contributed by atoms with Crippen molar-refractivity contribution in [1.82, 2.24) is 0 Å². The van der Waals surface area contributed by atoms with Gasteiger partial charge in [-0.2, -0.15) is 0 Å². The molecule has 1 heteroatoms. The topological polar surface area (TPSA) is 9.23 Å². The molecule has 0 aromatic rings. The Balaban J connectivity index is 1.81. The monoisotopic (exact) mass is 236 g/mol. The zero-order valence-electron chi connectivity index (χ0n) is 11.6. The summed E-state index contributed by atoms with van der Waals surface area (Å²) in [6.45, 7) is 8.91. The van der Waals surface area contributed by atoms with E-state index in [1.165, 1.54) is 51.4 Å². The van der Waals surface area contributed by atoms with Gasteiger partial charge in [-0.15, -0.1) is 0 Å². The molecular weight excluding hydrogens is 208 g/mol. The van der Waals surface area contributed by atoms with Crippen molar-refractivity contribution >= 4 is 0 Å². The molecule has 0 N–H and O–H groups in total. The van der Waals surface area contributed by atoms with Crippen LogP contribution in [0, 0.1) is 17.8 Å². The van der Waals surface area contributed by atoms with Gasteiger partial charge >= 0.3 is 0 Å². The van der Waals surface area contributed by atoms with Crippen LogP contribution in [0.3, 0.4) is 0 Å². The van der Waals surface area contributed by atoms with Gasteiger partial charge in [0.2, 0.25) is 0 Å². The molecule has 2 rings (SSSR count). The maximum Gasteiger partial charge on any atom is 0.101 e. The maximum absolute atomic E-state index is 6.20. The first-order chi connectivity index (χ1) is 8.16. The molecular formula is C16H28O. The molecule has 3 atom stereocenters. The first kappa shape index (κ1) is 13.0. The molecule has 0 radical (unpaired) electrons. The number of hydrogen-bond donors (Lipinski definition) is 0. The third-order valence-electron chi connectivity index (χ3n) is 4.72. The van der Waals surface area contributed by atoms with E-state index in [0.29, 0.717) is 17.9 Å². The van der Waals surface area contributed by atoms with Crippen molar-refractivity contribution in [2.24, 2.45) is 17.8 Å². The van der Waals surface area contributed by atoms with E-state index in [1.54, 1.807) is 0 Å². The lowest BCUT2D eigenvalue weighted by Gasteiger charge is -2.35. The van der Waals surface area contributed by atoms with Gasteiger partial charge in [-0.25, -0.2) is 0 Å². The number of hydrogen-bond acceptors (Lipinski definition) is 1. The molecule has 0 heterocycles. The molecule has 2 aliphatic carbocycles. The second-order valence-electron chi connectivity index (χ2n) is 6.35. The highest BCUT2D eigenvalue weighted by Gasteiger charge is 2.28. The van der Waals surface area contributed by atoms with Gasteiger partial charge in [0.05, 0.1) is 5.76 Å². The van der Waals surface area contributed by atoms with E-state index in [1.807, 2.05) is 0 Å². The molecule has 0 spiro atoms. The Bertz CT molecular complexity index is 252. The second-order valence-corrected chi connectivity index (χ2v) is 6.35. The zero-order chi connectivity index (χ0) is 12.3. The van der Waals surface area contributed by atoms with E-state index < -0.39 is 0 Å². The van der Waals surface area contributed by atoms with Crippen molar-refractivity contribution in [3.63, 3.8) is 0 Å². The van der Waals surface area contributed by atoms with Gasteiger partial charge in [-0.05, 0) is 43.9 Å². The highest BCUT2D eigenvalue weighted by atomic mass is 16.5. The Morgan fingerprint density at radius 2 is 1.71 bits per heavy atom. The van der Waals surface area contributed by atoms with E-state index in [0.717, 1.165) is 11.7 Å². The molecule has 98 valence electrons. The Morgan fingerprint density at radius 1 is 1.00 bits per heavy atom. The largest absolute Gasteiger partial charge is 0.495 e. The summed E-state index contributed by atoms with van der Waals surface area (Å²) in [5.74, 6) is 3.33. The van der Waals surface area contributed by atoms with Gasteiger partial charge < -0.3 is 4.74 Å². The predicted octanol–water partition coefficient (Wildman–Crippen LogP) is 4.92. The fourth-order valence-corrected chi connectivity index (χ4v) is 3.53.